The Hall–Kier alpha value is -2.53. The molecule has 0 unspecified atom stereocenters. The van der Waals surface area contributed by atoms with E-state index < -0.39 is 0 Å². The van der Waals surface area contributed by atoms with Crippen LogP contribution in [0.5, 0.6) is 11.5 Å². The highest BCUT2D eigenvalue weighted by Gasteiger charge is 2.15. The van der Waals surface area contributed by atoms with E-state index in [1.165, 1.54) is 37.7 Å². The smallest absolute Gasteiger partial charge is 0.147 e. The van der Waals surface area contributed by atoms with Gasteiger partial charge in [-0.05, 0) is 48.6 Å². The molecule has 1 heterocycles. The summed E-state index contributed by atoms with van der Waals surface area (Å²) in [6, 6.07) is 14.2. The first-order valence-electron chi connectivity index (χ1n) is 10.3. The molecular weight excluding hydrogens is 350 g/mol. The van der Waals surface area contributed by atoms with Crippen LogP contribution in [0, 0.1) is 5.92 Å². The largest absolute Gasteiger partial charge is 0.497 e. The molecule has 5 nitrogen and oxygen atoms in total. The molecule has 1 fully saturated rings. The molecule has 4 rings (SSSR count). The molecule has 0 spiro atoms. The lowest BCUT2D eigenvalue weighted by molar-refractivity contribution is 0.210. The van der Waals surface area contributed by atoms with Gasteiger partial charge >= 0.3 is 0 Å². The maximum atomic E-state index is 6.15. The van der Waals surface area contributed by atoms with E-state index in [1.54, 1.807) is 7.11 Å². The molecule has 3 aromatic rings. The van der Waals surface area contributed by atoms with Crippen LogP contribution in [0.2, 0.25) is 0 Å². The molecule has 0 saturated heterocycles. The van der Waals surface area contributed by atoms with Gasteiger partial charge < -0.3 is 19.8 Å². The number of H-pyrrole nitrogens is 1. The van der Waals surface area contributed by atoms with Crippen LogP contribution in [0.1, 0.15) is 43.5 Å². The third-order valence-electron chi connectivity index (χ3n) is 5.50. The van der Waals surface area contributed by atoms with Crippen molar-refractivity contribution in [3.8, 4) is 11.5 Å². The van der Waals surface area contributed by atoms with Crippen LogP contribution in [0.15, 0.2) is 42.5 Å². The van der Waals surface area contributed by atoms with Crippen molar-refractivity contribution in [1.29, 1.82) is 0 Å². The van der Waals surface area contributed by atoms with Gasteiger partial charge in [-0.3, -0.25) is 0 Å². The van der Waals surface area contributed by atoms with Crippen LogP contribution in [0.3, 0.4) is 0 Å². The first-order chi connectivity index (χ1) is 13.8. The number of rotatable bonds is 8. The summed E-state index contributed by atoms with van der Waals surface area (Å²) < 4.78 is 11.4. The van der Waals surface area contributed by atoms with Gasteiger partial charge in [-0.25, -0.2) is 4.98 Å². The molecule has 28 heavy (non-hydrogen) atoms. The van der Waals surface area contributed by atoms with Gasteiger partial charge in [-0.2, -0.15) is 0 Å². The second-order valence-corrected chi connectivity index (χ2v) is 7.60. The van der Waals surface area contributed by atoms with Gasteiger partial charge in [0.25, 0.3) is 0 Å². The van der Waals surface area contributed by atoms with Gasteiger partial charge in [0.2, 0.25) is 0 Å². The number of imidazole rings is 1. The van der Waals surface area contributed by atoms with Crippen molar-refractivity contribution in [3.05, 3.63) is 53.9 Å². The average molecular weight is 380 g/mol. The summed E-state index contributed by atoms with van der Waals surface area (Å²) in [7, 11) is 1.68. The Kier molecular flexibility index (Phi) is 6.12. The lowest BCUT2D eigenvalue weighted by atomic mass is 9.90. The van der Waals surface area contributed by atoms with Crippen LogP contribution >= 0.6 is 0 Å². The van der Waals surface area contributed by atoms with Crippen molar-refractivity contribution in [3.63, 3.8) is 0 Å². The van der Waals surface area contributed by atoms with Crippen molar-refractivity contribution in [1.82, 2.24) is 15.3 Å². The number of para-hydroxylation sites is 1. The predicted octanol–water partition coefficient (Wildman–Crippen LogP) is 4.82. The second kappa shape index (κ2) is 9.11. The number of ether oxygens (including phenoxy) is 2. The van der Waals surface area contributed by atoms with E-state index in [4.69, 9.17) is 14.5 Å². The normalized spacial score (nSPS) is 15.0. The van der Waals surface area contributed by atoms with E-state index >= 15 is 0 Å². The zero-order valence-corrected chi connectivity index (χ0v) is 16.5. The van der Waals surface area contributed by atoms with Gasteiger partial charge in [0, 0.05) is 6.54 Å². The van der Waals surface area contributed by atoms with Crippen LogP contribution in [-0.2, 0) is 13.1 Å². The fraction of sp³-hybridized carbons (Fsp3) is 0.435. The van der Waals surface area contributed by atoms with E-state index in [0.29, 0.717) is 12.5 Å². The van der Waals surface area contributed by atoms with Crippen molar-refractivity contribution < 1.29 is 9.47 Å². The Bertz CT molecular complexity index is 883. The highest BCUT2D eigenvalue weighted by Crippen LogP contribution is 2.27. The van der Waals surface area contributed by atoms with Crippen molar-refractivity contribution in [2.24, 2.45) is 5.92 Å². The second-order valence-electron chi connectivity index (χ2n) is 7.60. The third kappa shape index (κ3) is 4.65. The molecule has 0 aliphatic heterocycles. The third-order valence-corrected chi connectivity index (χ3v) is 5.50. The summed E-state index contributed by atoms with van der Waals surface area (Å²) in [5.41, 5.74) is 3.18. The van der Waals surface area contributed by atoms with Gasteiger partial charge in [0.1, 0.15) is 22.8 Å². The monoisotopic (exact) mass is 379 g/mol. The van der Waals surface area contributed by atoms with Crippen LogP contribution < -0.4 is 14.8 Å². The molecule has 0 radical (unpaired) electrons. The molecule has 0 atom stereocenters. The van der Waals surface area contributed by atoms with E-state index in [-0.39, 0.29) is 0 Å². The van der Waals surface area contributed by atoms with Crippen LogP contribution in [0.4, 0.5) is 0 Å². The number of methoxy groups -OCH3 is 1. The highest BCUT2D eigenvalue weighted by molar-refractivity contribution is 5.81. The number of hydrogen-bond acceptors (Lipinski definition) is 4. The minimum atomic E-state index is 0.683. The molecule has 148 valence electrons. The summed E-state index contributed by atoms with van der Waals surface area (Å²) in [6.45, 7) is 2.27. The standard InChI is InChI=1S/C23H29N3O2/c1-27-19-12-10-17(11-13-19)14-24-15-22-25-20-8-5-9-21(23(20)26-22)28-16-18-6-3-2-4-7-18/h5,8-13,18,24H,2-4,6-7,14-16H2,1H3,(H,25,26). The first-order valence-corrected chi connectivity index (χ1v) is 10.3. The molecule has 1 saturated carbocycles. The summed E-state index contributed by atoms with van der Waals surface area (Å²) in [4.78, 5) is 8.18. The summed E-state index contributed by atoms with van der Waals surface area (Å²) >= 11 is 0. The van der Waals surface area contributed by atoms with Gasteiger partial charge in [0.15, 0.2) is 0 Å². The maximum Gasteiger partial charge on any atom is 0.147 e. The lowest BCUT2D eigenvalue weighted by Crippen LogP contribution is -2.15. The minimum absolute atomic E-state index is 0.683. The summed E-state index contributed by atoms with van der Waals surface area (Å²) in [6.07, 6.45) is 6.63. The molecule has 5 heteroatoms. The Labute approximate surface area is 166 Å². The molecule has 1 aliphatic rings. The van der Waals surface area contributed by atoms with E-state index in [9.17, 15) is 0 Å². The fourth-order valence-corrected chi connectivity index (χ4v) is 3.89. The summed E-state index contributed by atoms with van der Waals surface area (Å²) in [5.74, 6) is 3.38. The number of hydrogen-bond donors (Lipinski definition) is 2. The molecule has 1 aromatic heterocycles. The zero-order valence-electron chi connectivity index (χ0n) is 16.5. The van der Waals surface area contributed by atoms with E-state index in [2.05, 4.69) is 28.5 Å². The average Bonchev–Trinajstić information content (AvgIpc) is 3.17. The number of benzene rings is 2. The molecule has 2 aromatic carbocycles. The molecular formula is C23H29N3O2. The number of nitrogens with one attached hydrogen (secondary N) is 2. The van der Waals surface area contributed by atoms with Crippen molar-refractivity contribution in [2.75, 3.05) is 13.7 Å². The molecule has 0 bridgehead atoms. The van der Waals surface area contributed by atoms with Gasteiger partial charge in [-0.15, -0.1) is 0 Å². The zero-order chi connectivity index (χ0) is 19.2. The predicted molar refractivity (Wildman–Crippen MR) is 112 cm³/mol. The Morgan fingerprint density at radius 1 is 1.04 bits per heavy atom. The van der Waals surface area contributed by atoms with E-state index in [1.807, 2.05) is 24.3 Å². The minimum Gasteiger partial charge on any atom is -0.497 e. The fourth-order valence-electron chi connectivity index (χ4n) is 3.89. The van der Waals surface area contributed by atoms with Crippen LogP contribution in [-0.4, -0.2) is 23.7 Å². The Balaban J connectivity index is 1.35. The van der Waals surface area contributed by atoms with Crippen molar-refractivity contribution in [2.45, 2.75) is 45.2 Å². The number of nitrogens with zero attached hydrogens (tertiary/aromatic N) is 1. The van der Waals surface area contributed by atoms with Gasteiger partial charge in [0.05, 0.1) is 25.8 Å². The van der Waals surface area contributed by atoms with Crippen LogP contribution in [0.25, 0.3) is 11.0 Å². The topological polar surface area (TPSA) is 59.2 Å². The quantitative estimate of drug-likeness (QED) is 0.589. The van der Waals surface area contributed by atoms with Crippen molar-refractivity contribution >= 4 is 11.0 Å². The maximum absolute atomic E-state index is 6.15. The molecule has 1 aliphatic carbocycles. The Morgan fingerprint density at radius 3 is 2.64 bits per heavy atom. The highest BCUT2D eigenvalue weighted by atomic mass is 16.5. The first kappa shape index (κ1) is 18.8. The number of fused-ring (bicyclic) bond motifs is 1. The van der Waals surface area contributed by atoms with Gasteiger partial charge in [-0.1, -0.05) is 37.5 Å². The summed E-state index contributed by atoms with van der Waals surface area (Å²) in [5, 5.41) is 3.44. The lowest BCUT2D eigenvalue weighted by Gasteiger charge is -2.21. The number of aromatic amines is 1. The molecule has 0 amide bonds. The number of aromatic nitrogens is 2. The Morgan fingerprint density at radius 2 is 1.86 bits per heavy atom. The van der Waals surface area contributed by atoms with E-state index in [0.717, 1.165) is 41.5 Å². The molecule has 2 N–H and O–H groups in total. The SMILES string of the molecule is COc1ccc(CNCc2nc3c(OCC4CCCCC4)cccc3[nH]2)cc1.